The van der Waals surface area contributed by atoms with E-state index in [0.29, 0.717) is 6.61 Å². The van der Waals surface area contributed by atoms with Crippen molar-refractivity contribution in [1.82, 2.24) is 0 Å². The second-order valence-electron chi connectivity index (χ2n) is 4.72. The molecule has 0 amide bonds. The fourth-order valence-electron chi connectivity index (χ4n) is 1.68. The average molecular weight is 264 g/mol. The van der Waals surface area contributed by atoms with Crippen LogP contribution in [0.5, 0.6) is 0 Å². The van der Waals surface area contributed by atoms with E-state index in [4.69, 9.17) is 4.74 Å². The number of ether oxygens (including phenoxy) is 1. The standard InChI is InChI=1S/C17H28O2/c1-3-4-5-6-7-8-9-10-11-12-13-14-15-16-19-17(2)18/h5-6H,3-4,9-16H2,1-2H3. The Labute approximate surface area is 118 Å². The lowest BCUT2D eigenvalue weighted by molar-refractivity contribution is -0.141. The van der Waals surface area contributed by atoms with Gasteiger partial charge in [-0.05, 0) is 25.3 Å². The van der Waals surface area contributed by atoms with Gasteiger partial charge in [0.1, 0.15) is 0 Å². The van der Waals surface area contributed by atoms with E-state index in [0.717, 1.165) is 25.7 Å². The minimum absolute atomic E-state index is 0.174. The van der Waals surface area contributed by atoms with E-state index < -0.39 is 0 Å². The van der Waals surface area contributed by atoms with Crippen molar-refractivity contribution in [1.29, 1.82) is 0 Å². The highest BCUT2D eigenvalue weighted by atomic mass is 16.5. The van der Waals surface area contributed by atoms with Gasteiger partial charge in [-0.15, -0.1) is 0 Å². The molecule has 0 heterocycles. The number of unbranched alkanes of at least 4 members (excludes halogenated alkanes) is 7. The number of rotatable bonds is 10. The maximum absolute atomic E-state index is 10.5. The first-order valence-corrected chi connectivity index (χ1v) is 7.54. The molecule has 0 rings (SSSR count). The van der Waals surface area contributed by atoms with E-state index >= 15 is 0 Å². The van der Waals surface area contributed by atoms with Crippen molar-refractivity contribution in [3.8, 4) is 11.8 Å². The Morgan fingerprint density at radius 2 is 1.79 bits per heavy atom. The van der Waals surface area contributed by atoms with E-state index in [-0.39, 0.29) is 5.97 Å². The second-order valence-corrected chi connectivity index (χ2v) is 4.72. The molecule has 0 atom stereocenters. The Morgan fingerprint density at radius 3 is 2.47 bits per heavy atom. The molecule has 0 aromatic rings. The van der Waals surface area contributed by atoms with E-state index in [1.807, 2.05) is 6.08 Å². The van der Waals surface area contributed by atoms with Gasteiger partial charge in [0, 0.05) is 13.3 Å². The van der Waals surface area contributed by atoms with Crippen LogP contribution in [-0.2, 0) is 9.53 Å². The van der Waals surface area contributed by atoms with Crippen molar-refractivity contribution >= 4 is 5.97 Å². The van der Waals surface area contributed by atoms with Crippen molar-refractivity contribution in [3.05, 3.63) is 12.2 Å². The van der Waals surface area contributed by atoms with Gasteiger partial charge in [-0.1, -0.05) is 56.9 Å². The lowest BCUT2D eigenvalue weighted by Crippen LogP contribution is -1.99. The smallest absolute Gasteiger partial charge is 0.302 e. The summed E-state index contributed by atoms with van der Waals surface area (Å²) in [6.07, 6.45) is 14.5. The molecular weight excluding hydrogens is 236 g/mol. The molecule has 0 aromatic carbocycles. The molecule has 0 fully saturated rings. The van der Waals surface area contributed by atoms with Crippen LogP contribution in [0.1, 0.15) is 71.6 Å². The topological polar surface area (TPSA) is 26.3 Å². The first kappa shape index (κ1) is 17.8. The van der Waals surface area contributed by atoms with Crippen LogP contribution in [0.15, 0.2) is 12.2 Å². The monoisotopic (exact) mass is 264 g/mol. The van der Waals surface area contributed by atoms with E-state index in [1.165, 1.54) is 39.0 Å². The van der Waals surface area contributed by atoms with Crippen LogP contribution in [-0.4, -0.2) is 12.6 Å². The fraction of sp³-hybridized carbons (Fsp3) is 0.706. The molecular formula is C17H28O2. The third-order valence-corrected chi connectivity index (χ3v) is 2.76. The molecule has 0 N–H and O–H groups in total. The summed E-state index contributed by atoms with van der Waals surface area (Å²) < 4.78 is 4.88. The summed E-state index contributed by atoms with van der Waals surface area (Å²) in [6.45, 7) is 4.20. The van der Waals surface area contributed by atoms with Gasteiger partial charge < -0.3 is 4.74 Å². The van der Waals surface area contributed by atoms with Crippen LogP contribution in [0.2, 0.25) is 0 Å². The highest BCUT2D eigenvalue weighted by Gasteiger charge is 1.93. The average Bonchev–Trinajstić information content (AvgIpc) is 2.39. The molecule has 0 aliphatic heterocycles. The van der Waals surface area contributed by atoms with Gasteiger partial charge in [-0.3, -0.25) is 4.79 Å². The van der Waals surface area contributed by atoms with Crippen LogP contribution in [0.25, 0.3) is 0 Å². The highest BCUT2D eigenvalue weighted by molar-refractivity contribution is 5.65. The van der Waals surface area contributed by atoms with Gasteiger partial charge in [0.05, 0.1) is 6.61 Å². The molecule has 0 saturated heterocycles. The first-order valence-electron chi connectivity index (χ1n) is 7.54. The third-order valence-electron chi connectivity index (χ3n) is 2.76. The molecule has 0 bridgehead atoms. The van der Waals surface area contributed by atoms with Crippen molar-refractivity contribution in [2.75, 3.05) is 6.61 Å². The first-order chi connectivity index (χ1) is 9.27. The molecule has 0 spiro atoms. The van der Waals surface area contributed by atoms with Gasteiger partial charge in [0.2, 0.25) is 0 Å². The lowest BCUT2D eigenvalue weighted by Gasteiger charge is -2.01. The van der Waals surface area contributed by atoms with Crippen molar-refractivity contribution in [2.24, 2.45) is 0 Å². The number of hydrogen-bond acceptors (Lipinski definition) is 2. The Morgan fingerprint density at radius 1 is 1.11 bits per heavy atom. The number of hydrogen-bond donors (Lipinski definition) is 0. The van der Waals surface area contributed by atoms with Gasteiger partial charge in [-0.25, -0.2) is 0 Å². The Bertz CT molecular complexity index is 294. The van der Waals surface area contributed by atoms with Crippen molar-refractivity contribution in [2.45, 2.75) is 71.6 Å². The maximum atomic E-state index is 10.5. The van der Waals surface area contributed by atoms with Crippen molar-refractivity contribution < 1.29 is 9.53 Å². The largest absolute Gasteiger partial charge is 0.466 e. The number of allylic oxidation sites excluding steroid dienone is 2. The molecule has 0 saturated carbocycles. The van der Waals surface area contributed by atoms with Crippen molar-refractivity contribution in [3.63, 3.8) is 0 Å². The Hall–Kier alpha value is -1.23. The lowest BCUT2D eigenvalue weighted by atomic mass is 10.1. The summed E-state index contributed by atoms with van der Waals surface area (Å²) >= 11 is 0. The third kappa shape index (κ3) is 16.8. The molecule has 0 aromatic heterocycles. The SMILES string of the molecule is CCCC=CC#CCCCCCCCCOC(C)=O. The van der Waals surface area contributed by atoms with Crippen LogP contribution >= 0.6 is 0 Å². The summed E-state index contributed by atoms with van der Waals surface area (Å²) in [6, 6.07) is 0. The molecule has 2 nitrogen and oxygen atoms in total. The molecule has 2 heteroatoms. The minimum Gasteiger partial charge on any atom is -0.466 e. The number of carbonyl (C=O) groups is 1. The number of carbonyl (C=O) groups excluding carboxylic acids is 1. The van der Waals surface area contributed by atoms with Gasteiger partial charge in [0.15, 0.2) is 0 Å². The fourth-order valence-corrected chi connectivity index (χ4v) is 1.68. The predicted molar refractivity (Wildman–Crippen MR) is 80.8 cm³/mol. The summed E-state index contributed by atoms with van der Waals surface area (Å²) in [5, 5.41) is 0. The van der Waals surface area contributed by atoms with Gasteiger partial charge in [0.25, 0.3) is 0 Å². The van der Waals surface area contributed by atoms with Crippen LogP contribution in [0.3, 0.4) is 0 Å². The van der Waals surface area contributed by atoms with Gasteiger partial charge in [-0.2, -0.15) is 0 Å². The second kappa shape index (κ2) is 14.8. The molecule has 0 unspecified atom stereocenters. The molecule has 19 heavy (non-hydrogen) atoms. The summed E-state index contributed by atoms with van der Waals surface area (Å²) in [5.41, 5.74) is 0. The highest BCUT2D eigenvalue weighted by Crippen LogP contribution is 2.06. The van der Waals surface area contributed by atoms with E-state index in [9.17, 15) is 4.79 Å². The Balaban J connectivity index is 3.16. The zero-order valence-corrected chi connectivity index (χ0v) is 12.5. The normalized spacial score (nSPS) is 10.2. The minimum atomic E-state index is -0.174. The van der Waals surface area contributed by atoms with Gasteiger partial charge >= 0.3 is 5.97 Å². The summed E-state index contributed by atoms with van der Waals surface area (Å²) in [5.74, 6) is 6.07. The quantitative estimate of drug-likeness (QED) is 0.326. The molecule has 0 aliphatic carbocycles. The summed E-state index contributed by atoms with van der Waals surface area (Å²) in [4.78, 5) is 10.5. The maximum Gasteiger partial charge on any atom is 0.302 e. The summed E-state index contributed by atoms with van der Waals surface area (Å²) in [7, 11) is 0. The molecule has 0 radical (unpaired) electrons. The molecule has 0 aliphatic rings. The molecule has 108 valence electrons. The van der Waals surface area contributed by atoms with E-state index in [1.54, 1.807) is 0 Å². The van der Waals surface area contributed by atoms with Crippen LogP contribution < -0.4 is 0 Å². The van der Waals surface area contributed by atoms with Crippen LogP contribution in [0, 0.1) is 11.8 Å². The zero-order valence-electron chi connectivity index (χ0n) is 12.5. The zero-order chi connectivity index (χ0) is 14.2. The van der Waals surface area contributed by atoms with E-state index in [2.05, 4.69) is 24.8 Å². The number of esters is 1. The predicted octanol–water partition coefficient (Wildman–Crippen LogP) is 4.64. The van der Waals surface area contributed by atoms with Crippen LogP contribution in [0.4, 0.5) is 0 Å². The Kier molecular flexibility index (Phi) is 13.9.